The van der Waals surface area contributed by atoms with Crippen molar-refractivity contribution >= 4 is 28.3 Å². The molecule has 3 aromatic carbocycles. The van der Waals surface area contributed by atoms with E-state index in [1.807, 2.05) is 6.07 Å². The van der Waals surface area contributed by atoms with Gasteiger partial charge < -0.3 is 10.6 Å². The molecule has 9 heteroatoms. The van der Waals surface area contributed by atoms with E-state index in [1.165, 1.54) is 16.7 Å². The molecule has 4 aromatic rings. The minimum absolute atomic E-state index is 0.0148. The van der Waals surface area contributed by atoms with E-state index < -0.39 is 17.8 Å². The van der Waals surface area contributed by atoms with Gasteiger partial charge in [-0.05, 0) is 67.9 Å². The van der Waals surface area contributed by atoms with Crippen molar-refractivity contribution < 1.29 is 18.0 Å². The summed E-state index contributed by atoms with van der Waals surface area (Å²) in [6.45, 7) is 3.48. The Bertz CT molecular complexity index is 1430. The smallest absolute Gasteiger partial charge is 0.308 e. The number of anilines is 2. The Morgan fingerprint density at radius 2 is 1.70 bits per heavy atom. The van der Waals surface area contributed by atoms with Crippen LogP contribution in [0, 0.1) is 13.8 Å². The lowest BCUT2D eigenvalue weighted by Gasteiger charge is -2.15. The van der Waals surface area contributed by atoms with Gasteiger partial charge in [-0.15, -0.1) is 0 Å². The van der Waals surface area contributed by atoms with Gasteiger partial charge in [0.15, 0.2) is 0 Å². The number of amides is 2. The predicted molar refractivity (Wildman–Crippen MR) is 121 cm³/mol. The number of para-hydroxylation sites is 1. The predicted octanol–water partition coefficient (Wildman–Crippen LogP) is 5.67. The van der Waals surface area contributed by atoms with Crippen molar-refractivity contribution in [3.63, 3.8) is 0 Å². The maximum absolute atomic E-state index is 13.0. The lowest BCUT2D eigenvalue weighted by atomic mass is 10.1. The summed E-state index contributed by atoms with van der Waals surface area (Å²) in [6.07, 6.45) is -4.51. The number of carbonyl (C=O) groups excluding carboxylic acids is 1. The van der Waals surface area contributed by atoms with E-state index in [1.54, 1.807) is 50.2 Å². The fourth-order valence-corrected chi connectivity index (χ4v) is 3.53. The number of aryl methyl sites for hydroxylation is 2. The van der Waals surface area contributed by atoms with Crippen molar-refractivity contribution in [2.75, 3.05) is 10.6 Å². The zero-order valence-corrected chi connectivity index (χ0v) is 17.7. The number of aromatic nitrogens is 2. The first-order valence-corrected chi connectivity index (χ1v) is 9.98. The molecule has 1 aromatic heterocycles. The third-order valence-corrected chi connectivity index (χ3v) is 5.11. The zero-order chi connectivity index (χ0) is 23.8. The summed E-state index contributed by atoms with van der Waals surface area (Å²) < 4.78 is 40.1. The average molecular weight is 452 g/mol. The number of benzene rings is 3. The first-order valence-electron chi connectivity index (χ1n) is 9.98. The monoisotopic (exact) mass is 452 g/mol. The fourth-order valence-electron chi connectivity index (χ4n) is 3.53. The molecule has 2 N–H and O–H groups in total. The second kappa shape index (κ2) is 8.42. The van der Waals surface area contributed by atoms with Crippen molar-refractivity contribution in [2.24, 2.45) is 0 Å². The van der Waals surface area contributed by atoms with Gasteiger partial charge in [-0.1, -0.05) is 18.2 Å². The topological polar surface area (TPSA) is 76.0 Å². The summed E-state index contributed by atoms with van der Waals surface area (Å²) in [4.78, 5) is 29.8. The van der Waals surface area contributed by atoms with Crippen LogP contribution in [0.1, 0.15) is 17.0 Å². The van der Waals surface area contributed by atoms with Crippen molar-refractivity contribution in [3.05, 3.63) is 94.0 Å². The van der Waals surface area contributed by atoms with E-state index in [9.17, 15) is 22.8 Å². The molecule has 0 aliphatic rings. The number of carbonyl (C=O) groups is 1. The molecule has 0 aliphatic heterocycles. The first-order chi connectivity index (χ1) is 15.6. The highest BCUT2D eigenvalue weighted by Gasteiger charge is 2.30. The third kappa shape index (κ3) is 4.57. The number of hydrogen-bond donors (Lipinski definition) is 2. The van der Waals surface area contributed by atoms with Crippen molar-refractivity contribution in [3.8, 4) is 5.69 Å². The molecule has 0 saturated heterocycles. The molecule has 2 amide bonds. The third-order valence-electron chi connectivity index (χ3n) is 5.11. The first kappa shape index (κ1) is 22.1. The van der Waals surface area contributed by atoms with Crippen molar-refractivity contribution in [2.45, 2.75) is 20.0 Å². The Labute approximate surface area is 186 Å². The second-order valence-corrected chi connectivity index (χ2v) is 7.47. The molecule has 168 valence electrons. The van der Waals surface area contributed by atoms with Crippen molar-refractivity contribution in [1.82, 2.24) is 9.55 Å². The van der Waals surface area contributed by atoms with E-state index in [4.69, 9.17) is 0 Å². The van der Waals surface area contributed by atoms with Crippen LogP contribution in [0.4, 0.5) is 29.3 Å². The zero-order valence-electron chi connectivity index (χ0n) is 17.7. The van der Waals surface area contributed by atoms with Gasteiger partial charge in [-0.3, -0.25) is 9.36 Å². The Morgan fingerprint density at radius 3 is 2.42 bits per heavy atom. The standard InChI is InChI=1S/C24H19F3N4O2/c1-14-12-18(31-15(2)28-21-9-4-3-8-19(21)22(31)32)10-11-20(14)30-23(33)29-17-7-5-6-16(13-17)24(25,26)27/h3-13H,1-2H3,(H2,29,30,33). The molecular weight excluding hydrogens is 433 g/mol. The summed E-state index contributed by atoms with van der Waals surface area (Å²) in [7, 11) is 0. The number of halogens is 3. The van der Waals surface area contributed by atoms with Gasteiger partial charge in [0.05, 0.1) is 22.2 Å². The molecule has 1 heterocycles. The Hall–Kier alpha value is -4.14. The number of hydrogen-bond acceptors (Lipinski definition) is 3. The minimum Gasteiger partial charge on any atom is -0.308 e. The fraction of sp³-hybridized carbons (Fsp3) is 0.125. The highest BCUT2D eigenvalue weighted by atomic mass is 19.4. The Balaban J connectivity index is 1.57. The maximum Gasteiger partial charge on any atom is 0.416 e. The van der Waals surface area contributed by atoms with Crippen LogP contribution >= 0.6 is 0 Å². The molecule has 0 atom stereocenters. The van der Waals surface area contributed by atoms with Crippen molar-refractivity contribution in [1.29, 1.82) is 0 Å². The number of nitrogens with one attached hydrogen (secondary N) is 2. The normalized spacial score (nSPS) is 11.4. The maximum atomic E-state index is 13.0. The summed E-state index contributed by atoms with van der Waals surface area (Å²) >= 11 is 0. The molecule has 4 rings (SSSR count). The van der Waals surface area contributed by atoms with Crippen LogP contribution in [0.15, 0.2) is 71.5 Å². The molecule has 6 nitrogen and oxygen atoms in total. The number of urea groups is 1. The Morgan fingerprint density at radius 1 is 0.939 bits per heavy atom. The summed E-state index contributed by atoms with van der Waals surface area (Å²) in [5, 5.41) is 5.51. The summed E-state index contributed by atoms with van der Waals surface area (Å²) in [6, 6.07) is 15.8. The van der Waals surface area contributed by atoms with E-state index in [-0.39, 0.29) is 11.2 Å². The SMILES string of the molecule is Cc1cc(-n2c(C)nc3ccccc3c2=O)ccc1NC(=O)Nc1cccc(C(F)(F)F)c1. The number of rotatable bonds is 3. The van der Waals surface area contributed by atoms with E-state index in [0.717, 1.165) is 12.1 Å². The second-order valence-electron chi connectivity index (χ2n) is 7.47. The van der Waals surface area contributed by atoms with Crippen LogP contribution in [0.25, 0.3) is 16.6 Å². The summed E-state index contributed by atoms with van der Waals surface area (Å²) in [5.74, 6) is 0.515. The van der Waals surface area contributed by atoms with Gasteiger partial charge in [-0.2, -0.15) is 13.2 Å². The molecule has 0 unspecified atom stereocenters. The largest absolute Gasteiger partial charge is 0.416 e. The van der Waals surface area contributed by atoms with Gasteiger partial charge in [0.1, 0.15) is 5.82 Å². The van der Waals surface area contributed by atoms with E-state index in [0.29, 0.717) is 33.7 Å². The molecular formula is C24H19F3N4O2. The molecule has 0 bridgehead atoms. The van der Waals surface area contributed by atoms with Crippen LogP contribution in [-0.4, -0.2) is 15.6 Å². The van der Waals surface area contributed by atoms with Gasteiger partial charge in [0.25, 0.3) is 5.56 Å². The van der Waals surface area contributed by atoms with Gasteiger partial charge in [0.2, 0.25) is 0 Å². The molecule has 0 spiro atoms. The molecule has 0 fully saturated rings. The minimum atomic E-state index is -4.51. The lowest BCUT2D eigenvalue weighted by molar-refractivity contribution is -0.137. The molecule has 0 radical (unpaired) electrons. The molecule has 0 aliphatic carbocycles. The highest BCUT2D eigenvalue weighted by molar-refractivity contribution is 6.00. The van der Waals surface area contributed by atoms with Crippen LogP contribution in [0.2, 0.25) is 0 Å². The van der Waals surface area contributed by atoms with Crippen LogP contribution in [0.3, 0.4) is 0 Å². The molecule has 33 heavy (non-hydrogen) atoms. The van der Waals surface area contributed by atoms with E-state index in [2.05, 4.69) is 15.6 Å². The highest BCUT2D eigenvalue weighted by Crippen LogP contribution is 2.30. The van der Waals surface area contributed by atoms with Gasteiger partial charge >= 0.3 is 12.2 Å². The average Bonchev–Trinajstić information content (AvgIpc) is 2.75. The quantitative estimate of drug-likeness (QED) is 0.421. The van der Waals surface area contributed by atoms with Crippen LogP contribution in [-0.2, 0) is 6.18 Å². The number of nitrogens with zero attached hydrogens (tertiary/aromatic N) is 2. The van der Waals surface area contributed by atoms with Gasteiger partial charge in [-0.25, -0.2) is 9.78 Å². The van der Waals surface area contributed by atoms with Gasteiger partial charge in [0, 0.05) is 11.4 Å². The molecule has 0 saturated carbocycles. The number of fused-ring (bicyclic) bond motifs is 1. The number of alkyl halides is 3. The van der Waals surface area contributed by atoms with Crippen LogP contribution in [0.5, 0.6) is 0 Å². The Kier molecular flexibility index (Phi) is 5.63. The van der Waals surface area contributed by atoms with E-state index >= 15 is 0 Å². The summed E-state index contributed by atoms with van der Waals surface area (Å²) in [5.41, 5.74) is 1.25. The lowest BCUT2D eigenvalue weighted by Crippen LogP contribution is -2.23. The van der Waals surface area contributed by atoms with Crippen LogP contribution < -0.4 is 16.2 Å².